The maximum atomic E-state index is 11.7. The molecule has 1 fully saturated rings. The van der Waals surface area contributed by atoms with E-state index in [2.05, 4.69) is 19.2 Å². The topological polar surface area (TPSA) is 32.3 Å². The molecule has 0 saturated carbocycles. The number of hydrogen-bond donors (Lipinski definition) is 1. The van der Waals surface area contributed by atoms with Crippen LogP contribution in [0.25, 0.3) is 0 Å². The number of anilines is 1. The first-order chi connectivity index (χ1) is 7.61. The molecule has 1 aliphatic rings. The molecule has 1 saturated heterocycles. The monoisotopic (exact) mass is 234 g/mol. The molecular formula is C12H14N2OS. The van der Waals surface area contributed by atoms with Crippen molar-refractivity contribution in [3.05, 3.63) is 29.8 Å². The molecular weight excluding hydrogens is 220 g/mol. The van der Waals surface area contributed by atoms with Gasteiger partial charge >= 0.3 is 0 Å². The minimum atomic E-state index is 0.0121. The van der Waals surface area contributed by atoms with Crippen molar-refractivity contribution in [3.63, 3.8) is 0 Å². The number of amides is 1. The van der Waals surface area contributed by atoms with Crippen LogP contribution < -0.4 is 10.2 Å². The lowest BCUT2D eigenvalue weighted by Crippen LogP contribution is -2.31. The normalized spacial score (nSPS) is 15.8. The fourth-order valence-corrected chi connectivity index (χ4v) is 2.12. The number of nitrogens with zero attached hydrogens (tertiary/aromatic N) is 1. The van der Waals surface area contributed by atoms with Crippen molar-refractivity contribution in [2.24, 2.45) is 0 Å². The number of hydrogen-bond acceptors (Lipinski definition) is 2. The van der Waals surface area contributed by atoms with Crippen molar-refractivity contribution in [3.8, 4) is 0 Å². The van der Waals surface area contributed by atoms with Crippen LogP contribution in [0, 0.1) is 0 Å². The summed E-state index contributed by atoms with van der Waals surface area (Å²) in [6.07, 6.45) is 0. The zero-order chi connectivity index (χ0) is 11.7. The van der Waals surface area contributed by atoms with Crippen LogP contribution in [-0.4, -0.2) is 17.6 Å². The van der Waals surface area contributed by atoms with E-state index in [9.17, 15) is 4.79 Å². The predicted molar refractivity (Wildman–Crippen MR) is 68.6 cm³/mol. The number of thiocarbonyl (C=S) groups is 1. The summed E-state index contributed by atoms with van der Waals surface area (Å²) in [5.74, 6) is 0.380. The van der Waals surface area contributed by atoms with Gasteiger partial charge in [-0.15, -0.1) is 0 Å². The highest BCUT2D eigenvalue weighted by Crippen LogP contribution is 2.28. The highest BCUT2D eigenvalue weighted by Gasteiger charge is 2.28. The molecule has 1 aliphatic heterocycles. The van der Waals surface area contributed by atoms with E-state index in [0.717, 1.165) is 11.3 Å². The van der Waals surface area contributed by atoms with E-state index < -0.39 is 0 Å². The first kappa shape index (κ1) is 11.1. The molecule has 0 unspecified atom stereocenters. The Hall–Kier alpha value is -1.42. The van der Waals surface area contributed by atoms with E-state index in [1.165, 1.54) is 0 Å². The van der Waals surface area contributed by atoms with E-state index in [0.29, 0.717) is 17.6 Å². The first-order valence-electron chi connectivity index (χ1n) is 5.31. The van der Waals surface area contributed by atoms with Gasteiger partial charge in [0.2, 0.25) is 0 Å². The second kappa shape index (κ2) is 4.22. The van der Waals surface area contributed by atoms with Crippen molar-refractivity contribution in [1.29, 1.82) is 0 Å². The van der Waals surface area contributed by atoms with Gasteiger partial charge in [-0.3, -0.25) is 9.69 Å². The summed E-state index contributed by atoms with van der Waals surface area (Å²) in [5.41, 5.74) is 2.04. The molecule has 0 aliphatic carbocycles. The maximum Gasteiger partial charge on any atom is 0.252 e. The summed E-state index contributed by atoms with van der Waals surface area (Å²) >= 11 is 5.14. The van der Waals surface area contributed by atoms with Gasteiger partial charge in [0, 0.05) is 0 Å². The molecule has 3 nitrogen and oxygen atoms in total. The molecule has 1 N–H and O–H groups in total. The first-order valence-corrected chi connectivity index (χ1v) is 5.72. The van der Waals surface area contributed by atoms with Crippen molar-refractivity contribution in [2.45, 2.75) is 19.8 Å². The SMILES string of the molecule is CC(C)c1ccccc1N1C(=O)CNC1=S. The van der Waals surface area contributed by atoms with Gasteiger partial charge in [0.25, 0.3) is 5.91 Å². The van der Waals surface area contributed by atoms with Crippen LogP contribution in [0.15, 0.2) is 24.3 Å². The predicted octanol–water partition coefficient (Wildman–Crippen LogP) is 2.03. The van der Waals surface area contributed by atoms with E-state index in [1.807, 2.05) is 24.3 Å². The third kappa shape index (κ3) is 1.80. The van der Waals surface area contributed by atoms with Gasteiger partial charge in [0.05, 0.1) is 12.2 Å². The van der Waals surface area contributed by atoms with Crippen molar-refractivity contribution in [1.82, 2.24) is 5.32 Å². The molecule has 4 heteroatoms. The van der Waals surface area contributed by atoms with Gasteiger partial charge in [-0.25, -0.2) is 0 Å². The van der Waals surface area contributed by atoms with Gasteiger partial charge in [0.1, 0.15) is 0 Å². The minimum absolute atomic E-state index is 0.0121. The molecule has 1 aromatic rings. The Morgan fingerprint density at radius 1 is 1.38 bits per heavy atom. The Morgan fingerprint density at radius 3 is 2.62 bits per heavy atom. The Kier molecular flexibility index (Phi) is 2.92. The van der Waals surface area contributed by atoms with Crippen molar-refractivity contribution >= 4 is 28.9 Å². The number of rotatable bonds is 2. The molecule has 16 heavy (non-hydrogen) atoms. The number of benzene rings is 1. The fraction of sp³-hybridized carbons (Fsp3) is 0.333. The zero-order valence-electron chi connectivity index (χ0n) is 9.36. The van der Waals surface area contributed by atoms with Gasteiger partial charge in [-0.1, -0.05) is 32.0 Å². The fourth-order valence-electron chi connectivity index (χ4n) is 1.85. The Labute approximate surface area is 100 Å². The summed E-state index contributed by atoms with van der Waals surface area (Å²) in [4.78, 5) is 13.3. The lowest BCUT2D eigenvalue weighted by atomic mass is 10.0. The van der Waals surface area contributed by atoms with Crippen molar-refractivity contribution in [2.75, 3.05) is 11.4 Å². The van der Waals surface area contributed by atoms with E-state index >= 15 is 0 Å². The Balaban J connectivity index is 2.47. The van der Waals surface area contributed by atoms with Gasteiger partial charge in [-0.2, -0.15) is 0 Å². The van der Waals surface area contributed by atoms with Crippen LogP contribution in [0.1, 0.15) is 25.3 Å². The summed E-state index contributed by atoms with van der Waals surface area (Å²) < 4.78 is 0. The quantitative estimate of drug-likeness (QED) is 0.795. The third-order valence-electron chi connectivity index (χ3n) is 2.64. The average Bonchev–Trinajstić information content (AvgIpc) is 2.58. The smallest absolute Gasteiger partial charge is 0.252 e. The highest BCUT2D eigenvalue weighted by molar-refractivity contribution is 7.80. The zero-order valence-corrected chi connectivity index (χ0v) is 10.2. The second-order valence-electron chi connectivity index (χ2n) is 4.10. The van der Waals surface area contributed by atoms with Crippen LogP contribution in [0.3, 0.4) is 0 Å². The van der Waals surface area contributed by atoms with E-state index in [4.69, 9.17) is 12.2 Å². The Morgan fingerprint density at radius 2 is 2.06 bits per heavy atom. The van der Waals surface area contributed by atoms with Gasteiger partial charge in [0.15, 0.2) is 5.11 Å². The molecule has 0 atom stereocenters. The maximum absolute atomic E-state index is 11.7. The molecule has 0 spiro atoms. The van der Waals surface area contributed by atoms with Crippen LogP contribution >= 0.6 is 12.2 Å². The largest absolute Gasteiger partial charge is 0.353 e. The molecule has 0 radical (unpaired) electrons. The minimum Gasteiger partial charge on any atom is -0.353 e. The van der Waals surface area contributed by atoms with Crippen LogP contribution in [0.2, 0.25) is 0 Å². The number of carbonyl (C=O) groups is 1. The van der Waals surface area contributed by atoms with Crippen LogP contribution in [0.5, 0.6) is 0 Å². The summed E-state index contributed by atoms with van der Waals surface area (Å²) in [6.45, 7) is 4.51. The lowest BCUT2D eigenvalue weighted by Gasteiger charge is -2.20. The van der Waals surface area contributed by atoms with Crippen molar-refractivity contribution < 1.29 is 4.79 Å². The van der Waals surface area contributed by atoms with E-state index in [1.54, 1.807) is 4.90 Å². The molecule has 0 aromatic heterocycles. The average molecular weight is 234 g/mol. The number of carbonyl (C=O) groups excluding carboxylic acids is 1. The third-order valence-corrected chi connectivity index (χ3v) is 2.97. The van der Waals surface area contributed by atoms with Gasteiger partial charge in [-0.05, 0) is 29.8 Å². The number of nitrogens with one attached hydrogen (secondary N) is 1. The van der Waals surface area contributed by atoms with Gasteiger partial charge < -0.3 is 5.32 Å². The van der Waals surface area contributed by atoms with Crippen LogP contribution in [-0.2, 0) is 4.79 Å². The van der Waals surface area contributed by atoms with E-state index in [-0.39, 0.29) is 5.91 Å². The molecule has 1 amide bonds. The highest BCUT2D eigenvalue weighted by atomic mass is 32.1. The summed E-state index contributed by atoms with van der Waals surface area (Å²) in [6, 6.07) is 7.88. The summed E-state index contributed by atoms with van der Waals surface area (Å²) in [5, 5.41) is 3.39. The second-order valence-corrected chi connectivity index (χ2v) is 4.49. The number of para-hydroxylation sites is 1. The Bertz CT molecular complexity index is 426. The molecule has 1 heterocycles. The lowest BCUT2D eigenvalue weighted by molar-refractivity contribution is -0.115. The standard InChI is InChI=1S/C12H14N2OS/c1-8(2)9-5-3-4-6-10(9)14-11(15)7-13-12(14)16/h3-6,8H,7H2,1-2H3,(H,13,16). The molecule has 0 bridgehead atoms. The molecule has 2 rings (SSSR count). The molecule has 1 aromatic carbocycles. The molecule has 84 valence electrons. The van der Waals surface area contributed by atoms with Crippen LogP contribution in [0.4, 0.5) is 5.69 Å². The summed E-state index contributed by atoms with van der Waals surface area (Å²) in [7, 11) is 0.